The zero-order valence-corrected chi connectivity index (χ0v) is 12.2. The van der Waals surface area contributed by atoms with E-state index < -0.39 is 0 Å². The fraction of sp³-hybridized carbons (Fsp3) is 0.667. The average molecular weight is 282 g/mol. The third-order valence-electron chi connectivity index (χ3n) is 2.99. The Bertz CT molecular complexity index is 492. The minimum Gasteiger partial charge on any atom is -0.354 e. The predicted octanol–water partition coefficient (Wildman–Crippen LogP) is 0.798. The van der Waals surface area contributed by atoms with E-state index in [1.807, 2.05) is 20.8 Å². The molecule has 0 radical (unpaired) electrons. The highest BCUT2D eigenvalue weighted by atomic mass is 32.1. The van der Waals surface area contributed by atoms with Crippen LogP contribution in [-0.2, 0) is 10.2 Å². The summed E-state index contributed by atoms with van der Waals surface area (Å²) in [7, 11) is 0. The molecule has 0 atom stereocenters. The zero-order valence-electron chi connectivity index (χ0n) is 11.4. The summed E-state index contributed by atoms with van der Waals surface area (Å²) in [6, 6.07) is 0. The highest BCUT2D eigenvalue weighted by molar-refractivity contribution is 7.08. The normalized spacial score (nSPS) is 17.0. The zero-order chi connectivity index (χ0) is 14.0. The molecule has 0 unspecified atom stereocenters. The smallest absolute Gasteiger partial charge is 0.267 e. The van der Waals surface area contributed by atoms with Gasteiger partial charge in [0.1, 0.15) is 4.88 Å². The number of rotatable bonds is 1. The van der Waals surface area contributed by atoms with E-state index in [0.717, 1.165) is 17.2 Å². The van der Waals surface area contributed by atoms with E-state index in [-0.39, 0.29) is 17.2 Å². The Hall–Kier alpha value is -1.50. The third kappa shape index (κ3) is 3.09. The minimum absolute atomic E-state index is 0.00576. The van der Waals surface area contributed by atoms with E-state index in [2.05, 4.69) is 14.9 Å². The van der Waals surface area contributed by atoms with E-state index >= 15 is 0 Å². The number of nitrogens with zero attached hydrogens (tertiary/aromatic N) is 3. The number of hydrogen-bond donors (Lipinski definition) is 1. The molecular formula is C12H18N4O2S. The lowest BCUT2D eigenvalue weighted by molar-refractivity contribution is -0.120. The second-order valence-electron chi connectivity index (χ2n) is 5.59. The Morgan fingerprint density at radius 2 is 2.11 bits per heavy atom. The second kappa shape index (κ2) is 5.24. The first-order chi connectivity index (χ1) is 8.89. The van der Waals surface area contributed by atoms with Crippen molar-refractivity contribution in [2.24, 2.45) is 0 Å². The van der Waals surface area contributed by atoms with Crippen molar-refractivity contribution in [2.75, 3.05) is 19.6 Å². The van der Waals surface area contributed by atoms with Gasteiger partial charge >= 0.3 is 0 Å². The number of hydrogen-bond acceptors (Lipinski definition) is 5. The van der Waals surface area contributed by atoms with Crippen LogP contribution in [0.15, 0.2) is 0 Å². The lowest BCUT2D eigenvalue weighted by Gasteiger charge is -2.21. The van der Waals surface area contributed by atoms with Gasteiger partial charge in [0.25, 0.3) is 5.91 Å². The van der Waals surface area contributed by atoms with Gasteiger partial charge in [0.05, 0.1) is 5.69 Å². The lowest BCUT2D eigenvalue weighted by atomic mass is 9.91. The molecule has 1 aliphatic heterocycles. The number of carbonyl (C=O) groups is 2. The highest BCUT2D eigenvalue weighted by Gasteiger charge is 2.29. The molecule has 2 rings (SSSR count). The monoisotopic (exact) mass is 282 g/mol. The van der Waals surface area contributed by atoms with Crippen LogP contribution >= 0.6 is 11.5 Å². The Kier molecular flexibility index (Phi) is 3.84. The van der Waals surface area contributed by atoms with Crippen LogP contribution in [0.4, 0.5) is 0 Å². The molecule has 6 nitrogen and oxygen atoms in total. The van der Waals surface area contributed by atoms with Gasteiger partial charge in [0, 0.05) is 31.5 Å². The quantitative estimate of drug-likeness (QED) is 0.826. The molecule has 0 bridgehead atoms. The Morgan fingerprint density at radius 3 is 2.79 bits per heavy atom. The Balaban J connectivity index is 2.20. The molecule has 1 aliphatic rings. The molecule has 0 saturated carbocycles. The minimum atomic E-state index is -0.210. The standard InChI is InChI=1S/C12H18N4O2S/c1-12(2,3)10-9(19-15-14-10)11(18)16-6-4-8(17)13-5-7-16/h4-7H2,1-3H3,(H,13,17). The summed E-state index contributed by atoms with van der Waals surface area (Å²) in [5.74, 6) is -0.0785. The summed E-state index contributed by atoms with van der Waals surface area (Å²) >= 11 is 1.13. The predicted molar refractivity (Wildman–Crippen MR) is 72.1 cm³/mol. The summed E-state index contributed by atoms with van der Waals surface area (Å²) in [6.07, 6.45) is 0.350. The molecule has 1 aromatic rings. The summed E-state index contributed by atoms with van der Waals surface area (Å²) in [5.41, 5.74) is 0.517. The van der Waals surface area contributed by atoms with Crippen molar-refractivity contribution in [3.63, 3.8) is 0 Å². The fourth-order valence-electron chi connectivity index (χ4n) is 1.94. The number of carbonyl (C=O) groups excluding carboxylic acids is 2. The van der Waals surface area contributed by atoms with Crippen molar-refractivity contribution in [3.8, 4) is 0 Å². The maximum absolute atomic E-state index is 12.5. The van der Waals surface area contributed by atoms with Crippen molar-refractivity contribution in [1.29, 1.82) is 0 Å². The lowest BCUT2D eigenvalue weighted by Crippen LogP contribution is -2.35. The van der Waals surface area contributed by atoms with Crippen LogP contribution in [-0.4, -0.2) is 45.9 Å². The topological polar surface area (TPSA) is 75.2 Å². The molecule has 1 aromatic heterocycles. The SMILES string of the molecule is CC(C)(C)c1nnsc1C(=O)N1CCNC(=O)CC1. The fourth-order valence-corrected chi connectivity index (χ4v) is 2.78. The largest absolute Gasteiger partial charge is 0.354 e. The van der Waals surface area contributed by atoms with E-state index in [0.29, 0.717) is 30.9 Å². The second-order valence-corrected chi connectivity index (χ2v) is 6.35. The molecule has 104 valence electrons. The van der Waals surface area contributed by atoms with Gasteiger partial charge in [-0.2, -0.15) is 0 Å². The van der Waals surface area contributed by atoms with Gasteiger partial charge < -0.3 is 10.2 Å². The van der Waals surface area contributed by atoms with Crippen LogP contribution in [0.2, 0.25) is 0 Å². The summed E-state index contributed by atoms with van der Waals surface area (Å²) in [4.78, 5) is 26.1. The van der Waals surface area contributed by atoms with Gasteiger partial charge in [-0.25, -0.2) is 0 Å². The van der Waals surface area contributed by atoms with Crippen LogP contribution in [0.25, 0.3) is 0 Å². The van der Waals surface area contributed by atoms with E-state index in [1.54, 1.807) is 4.90 Å². The van der Waals surface area contributed by atoms with Gasteiger partial charge in [0.2, 0.25) is 5.91 Å². The molecule has 0 aliphatic carbocycles. The molecule has 1 fully saturated rings. The first kappa shape index (κ1) is 13.9. The number of aromatic nitrogens is 2. The number of nitrogens with one attached hydrogen (secondary N) is 1. The van der Waals surface area contributed by atoms with Gasteiger partial charge in [-0.1, -0.05) is 25.3 Å². The van der Waals surface area contributed by atoms with Gasteiger partial charge in [-0.15, -0.1) is 5.10 Å². The van der Waals surface area contributed by atoms with Crippen LogP contribution in [0.1, 0.15) is 42.6 Å². The molecular weight excluding hydrogens is 264 g/mol. The number of amides is 2. The highest BCUT2D eigenvalue weighted by Crippen LogP contribution is 2.26. The molecule has 1 N–H and O–H groups in total. The van der Waals surface area contributed by atoms with Crippen molar-refractivity contribution < 1.29 is 9.59 Å². The average Bonchev–Trinajstić information content (AvgIpc) is 2.72. The van der Waals surface area contributed by atoms with Crippen molar-refractivity contribution in [2.45, 2.75) is 32.6 Å². The summed E-state index contributed by atoms with van der Waals surface area (Å²) < 4.78 is 3.90. The van der Waals surface area contributed by atoms with Crippen LogP contribution in [0, 0.1) is 0 Å². The molecule has 0 spiro atoms. The van der Waals surface area contributed by atoms with Gasteiger partial charge in [-0.05, 0) is 11.5 Å². The van der Waals surface area contributed by atoms with E-state index in [1.165, 1.54) is 0 Å². The molecule has 19 heavy (non-hydrogen) atoms. The maximum atomic E-state index is 12.5. The molecule has 0 aromatic carbocycles. The Labute approximate surface area is 116 Å². The van der Waals surface area contributed by atoms with Crippen LogP contribution in [0.3, 0.4) is 0 Å². The molecule has 2 heterocycles. The summed E-state index contributed by atoms with van der Waals surface area (Å²) in [5, 5.41) is 6.84. The first-order valence-corrected chi connectivity index (χ1v) is 7.06. The van der Waals surface area contributed by atoms with Crippen molar-refractivity contribution >= 4 is 23.3 Å². The van der Waals surface area contributed by atoms with Crippen molar-refractivity contribution in [1.82, 2.24) is 19.8 Å². The van der Waals surface area contributed by atoms with Crippen LogP contribution in [0.5, 0.6) is 0 Å². The third-order valence-corrected chi connectivity index (χ3v) is 3.71. The van der Waals surface area contributed by atoms with E-state index in [9.17, 15) is 9.59 Å². The van der Waals surface area contributed by atoms with Gasteiger partial charge in [0.15, 0.2) is 0 Å². The van der Waals surface area contributed by atoms with Gasteiger partial charge in [-0.3, -0.25) is 9.59 Å². The van der Waals surface area contributed by atoms with Crippen LogP contribution < -0.4 is 5.32 Å². The first-order valence-electron chi connectivity index (χ1n) is 6.28. The van der Waals surface area contributed by atoms with E-state index in [4.69, 9.17) is 0 Å². The molecule has 1 saturated heterocycles. The molecule has 7 heteroatoms. The van der Waals surface area contributed by atoms with Crippen molar-refractivity contribution in [3.05, 3.63) is 10.6 Å². The molecule has 2 amide bonds. The summed E-state index contributed by atoms with van der Waals surface area (Å²) in [6.45, 7) is 7.51. The Morgan fingerprint density at radius 1 is 1.37 bits per heavy atom. The maximum Gasteiger partial charge on any atom is 0.267 e.